The summed E-state index contributed by atoms with van der Waals surface area (Å²) in [5.74, 6) is 0.449. The summed E-state index contributed by atoms with van der Waals surface area (Å²) in [5, 5.41) is 4.57. The molecule has 1 unspecified atom stereocenters. The standard InChI is InChI=1S/C26H30N4O4/c1-18(31)24-23(27-5)22(28-30(24)17-16-29(6)25(32)34-26(2,3)4)19-12-14-21(15-13-19)33-20-10-8-7-9-11-20/h7-10,12-15,20H,11,16-17H2,1-4,6H3. The van der Waals surface area contributed by atoms with Crippen molar-refractivity contribution in [3.05, 3.63) is 65.7 Å². The Hall–Kier alpha value is -3.86. The third-order valence-electron chi connectivity index (χ3n) is 5.08. The molecule has 1 aliphatic rings. The molecular weight excluding hydrogens is 432 g/mol. The molecule has 0 saturated heterocycles. The van der Waals surface area contributed by atoms with Crippen LogP contribution in [0.2, 0.25) is 0 Å². The molecule has 34 heavy (non-hydrogen) atoms. The number of carbonyl (C=O) groups is 2. The Morgan fingerprint density at radius 3 is 2.50 bits per heavy atom. The van der Waals surface area contributed by atoms with E-state index in [0.29, 0.717) is 17.0 Å². The quantitative estimate of drug-likeness (QED) is 0.405. The zero-order valence-corrected chi connectivity index (χ0v) is 20.2. The average molecular weight is 463 g/mol. The fourth-order valence-corrected chi connectivity index (χ4v) is 3.45. The van der Waals surface area contributed by atoms with Crippen LogP contribution in [0, 0.1) is 6.57 Å². The maximum atomic E-state index is 12.4. The molecule has 0 fully saturated rings. The van der Waals surface area contributed by atoms with E-state index < -0.39 is 11.7 Å². The molecule has 1 amide bonds. The fraction of sp³-hybridized carbons (Fsp3) is 0.385. The number of hydrogen-bond donors (Lipinski definition) is 0. The molecule has 0 radical (unpaired) electrons. The molecule has 1 heterocycles. The van der Waals surface area contributed by atoms with Crippen LogP contribution in [0.3, 0.4) is 0 Å². The van der Waals surface area contributed by atoms with E-state index in [1.54, 1.807) is 27.8 Å². The van der Waals surface area contributed by atoms with E-state index in [4.69, 9.17) is 16.0 Å². The van der Waals surface area contributed by atoms with Gasteiger partial charge in [0.15, 0.2) is 5.78 Å². The number of Topliss-reactive ketones (excluding diaryl/α,β-unsaturated/α-hetero) is 1. The molecule has 0 spiro atoms. The third-order valence-corrected chi connectivity index (χ3v) is 5.08. The smallest absolute Gasteiger partial charge is 0.410 e. The number of rotatable bonds is 7. The lowest BCUT2D eigenvalue weighted by atomic mass is 10.1. The zero-order valence-electron chi connectivity index (χ0n) is 20.2. The van der Waals surface area contributed by atoms with Crippen LogP contribution in [0.5, 0.6) is 5.75 Å². The second kappa shape index (κ2) is 10.4. The molecule has 0 aliphatic heterocycles. The number of ether oxygens (including phenoxy) is 2. The molecular formula is C26H30N4O4. The molecule has 178 valence electrons. The first-order chi connectivity index (χ1) is 16.1. The maximum absolute atomic E-state index is 12.4. The molecule has 0 bridgehead atoms. The van der Waals surface area contributed by atoms with Crippen LogP contribution in [-0.4, -0.2) is 51.9 Å². The van der Waals surface area contributed by atoms with Gasteiger partial charge in [0.2, 0.25) is 5.69 Å². The Balaban J connectivity index is 1.81. The predicted molar refractivity (Wildman–Crippen MR) is 130 cm³/mol. The molecule has 1 aromatic carbocycles. The van der Waals surface area contributed by atoms with Crippen LogP contribution in [0.15, 0.2) is 48.6 Å². The van der Waals surface area contributed by atoms with Crippen LogP contribution >= 0.6 is 0 Å². The number of amides is 1. The Bertz CT molecular complexity index is 1150. The number of aromatic nitrogens is 2. The number of ketones is 1. The van der Waals surface area contributed by atoms with Gasteiger partial charge in [-0.25, -0.2) is 9.64 Å². The molecule has 3 rings (SSSR count). The van der Waals surface area contributed by atoms with Crippen LogP contribution in [-0.2, 0) is 11.3 Å². The van der Waals surface area contributed by atoms with Crippen molar-refractivity contribution in [3.63, 3.8) is 0 Å². The summed E-state index contributed by atoms with van der Waals surface area (Å²) in [6, 6.07) is 7.32. The lowest BCUT2D eigenvalue weighted by molar-refractivity contribution is 0.0292. The van der Waals surface area contributed by atoms with Crippen LogP contribution in [0.4, 0.5) is 10.5 Å². The number of hydrogen-bond acceptors (Lipinski definition) is 5. The first-order valence-corrected chi connectivity index (χ1v) is 11.1. The van der Waals surface area contributed by atoms with Gasteiger partial charge in [0.1, 0.15) is 23.1 Å². The van der Waals surface area contributed by atoms with Gasteiger partial charge in [0, 0.05) is 20.0 Å². The summed E-state index contributed by atoms with van der Waals surface area (Å²) in [6.45, 7) is 15.0. The van der Waals surface area contributed by atoms with E-state index in [9.17, 15) is 9.59 Å². The Labute approximate surface area is 200 Å². The molecule has 0 N–H and O–H groups in total. The predicted octanol–water partition coefficient (Wildman–Crippen LogP) is 5.43. The SMILES string of the molecule is [C-]#[N+]c1c(-c2ccc(OC3C=CC=CC3)cc2)nn(CCN(C)C(=O)OC(C)(C)C)c1C(C)=O. The minimum absolute atomic E-state index is 0.0138. The lowest BCUT2D eigenvalue weighted by Gasteiger charge is -2.24. The summed E-state index contributed by atoms with van der Waals surface area (Å²) >= 11 is 0. The van der Waals surface area contributed by atoms with Gasteiger partial charge >= 0.3 is 6.09 Å². The van der Waals surface area contributed by atoms with E-state index >= 15 is 0 Å². The summed E-state index contributed by atoms with van der Waals surface area (Å²) in [4.78, 5) is 29.7. The summed E-state index contributed by atoms with van der Waals surface area (Å²) < 4.78 is 12.8. The summed E-state index contributed by atoms with van der Waals surface area (Å²) in [5.41, 5.74) is 0.945. The first kappa shape index (κ1) is 24.8. The normalized spacial score (nSPS) is 15.0. The molecule has 1 aromatic heterocycles. The molecule has 2 aromatic rings. The maximum Gasteiger partial charge on any atom is 0.410 e. The zero-order chi connectivity index (χ0) is 24.9. The van der Waals surface area contributed by atoms with Crippen LogP contribution in [0.1, 0.15) is 44.6 Å². The van der Waals surface area contributed by atoms with Gasteiger partial charge in [-0.3, -0.25) is 9.48 Å². The molecule has 8 heteroatoms. The van der Waals surface area contributed by atoms with Crippen molar-refractivity contribution in [1.82, 2.24) is 14.7 Å². The van der Waals surface area contributed by atoms with Gasteiger partial charge in [-0.1, -0.05) is 30.4 Å². The number of allylic oxidation sites excluding steroid dienone is 2. The van der Waals surface area contributed by atoms with Crippen molar-refractivity contribution in [3.8, 4) is 17.0 Å². The topological polar surface area (TPSA) is 78.0 Å². The van der Waals surface area contributed by atoms with E-state index in [2.05, 4.69) is 16.0 Å². The number of likely N-dealkylation sites (N-methyl/N-ethyl adjacent to an activating group) is 1. The van der Waals surface area contributed by atoms with Gasteiger partial charge in [0.05, 0.1) is 18.8 Å². The highest BCUT2D eigenvalue weighted by molar-refractivity contribution is 6.01. The largest absolute Gasteiger partial charge is 0.486 e. The summed E-state index contributed by atoms with van der Waals surface area (Å²) in [6.07, 6.45) is 8.33. The van der Waals surface area contributed by atoms with E-state index in [1.807, 2.05) is 42.5 Å². The van der Waals surface area contributed by atoms with Gasteiger partial charge in [-0.15, -0.1) is 0 Å². The molecule has 1 aliphatic carbocycles. The van der Waals surface area contributed by atoms with Crippen molar-refractivity contribution in [2.75, 3.05) is 13.6 Å². The number of carbonyl (C=O) groups excluding carboxylic acids is 2. The van der Waals surface area contributed by atoms with Crippen molar-refractivity contribution in [1.29, 1.82) is 0 Å². The minimum atomic E-state index is -0.605. The van der Waals surface area contributed by atoms with E-state index in [-0.39, 0.29) is 36.4 Å². The second-order valence-corrected chi connectivity index (χ2v) is 9.07. The number of benzene rings is 1. The highest BCUT2D eigenvalue weighted by Gasteiger charge is 2.24. The fourth-order valence-electron chi connectivity index (χ4n) is 3.45. The molecule has 8 nitrogen and oxygen atoms in total. The monoisotopic (exact) mass is 462 g/mol. The summed E-state index contributed by atoms with van der Waals surface area (Å²) in [7, 11) is 1.62. The lowest BCUT2D eigenvalue weighted by Crippen LogP contribution is -2.36. The Kier molecular flexibility index (Phi) is 7.57. The van der Waals surface area contributed by atoms with Crippen molar-refractivity contribution in [2.45, 2.75) is 52.4 Å². The van der Waals surface area contributed by atoms with Gasteiger partial charge < -0.3 is 14.4 Å². The van der Waals surface area contributed by atoms with Crippen molar-refractivity contribution < 1.29 is 19.1 Å². The Morgan fingerprint density at radius 1 is 1.24 bits per heavy atom. The van der Waals surface area contributed by atoms with E-state index in [0.717, 1.165) is 6.42 Å². The third kappa shape index (κ3) is 6.13. The highest BCUT2D eigenvalue weighted by atomic mass is 16.6. The molecule has 0 saturated carbocycles. The van der Waals surface area contributed by atoms with Crippen LogP contribution < -0.4 is 4.74 Å². The van der Waals surface area contributed by atoms with Crippen LogP contribution in [0.25, 0.3) is 16.1 Å². The van der Waals surface area contributed by atoms with Crippen molar-refractivity contribution in [2.24, 2.45) is 0 Å². The number of nitrogens with zero attached hydrogens (tertiary/aromatic N) is 4. The average Bonchev–Trinajstić information content (AvgIpc) is 3.16. The van der Waals surface area contributed by atoms with Gasteiger partial charge in [-0.2, -0.15) is 5.10 Å². The Morgan fingerprint density at radius 2 is 1.94 bits per heavy atom. The van der Waals surface area contributed by atoms with Gasteiger partial charge in [-0.05, 0) is 51.5 Å². The van der Waals surface area contributed by atoms with Crippen molar-refractivity contribution >= 4 is 17.6 Å². The highest BCUT2D eigenvalue weighted by Crippen LogP contribution is 2.34. The molecule has 1 atom stereocenters. The van der Waals surface area contributed by atoms with Gasteiger partial charge in [0.25, 0.3) is 0 Å². The minimum Gasteiger partial charge on any atom is -0.486 e. The van der Waals surface area contributed by atoms with E-state index in [1.165, 1.54) is 16.5 Å². The first-order valence-electron chi connectivity index (χ1n) is 11.1. The second-order valence-electron chi connectivity index (χ2n) is 9.07.